The Morgan fingerprint density at radius 1 is 0.650 bits per heavy atom. The smallest absolute Gasteiger partial charge is 0.193 e. The fourth-order valence-electron chi connectivity index (χ4n) is 5.87. The average molecular weight is 523 g/mol. The van der Waals surface area contributed by atoms with E-state index in [1.165, 1.54) is 33.3 Å². The normalized spacial score (nSPS) is 12.2. The lowest BCUT2D eigenvalue weighted by Gasteiger charge is -2.27. The number of carbonyl (C=O) groups excluding carboxylic acids is 1. The lowest BCUT2D eigenvalue weighted by molar-refractivity contribution is 0.103. The summed E-state index contributed by atoms with van der Waals surface area (Å²) in [5.74, 6) is 0.0365. The van der Waals surface area contributed by atoms with Crippen LogP contribution < -0.4 is 9.80 Å². The van der Waals surface area contributed by atoms with Crippen LogP contribution in [-0.4, -0.2) is 18.9 Å². The largest absolute Gasteiger partial charge is 0.341 e. The zero-order valence-corrected chi connectivity index (χ0v) is 23.2. The molecule has 0 heterocycles. The van der Waals surface area contributed by atoms with Gasteiger partial charge in [0.15, 0.2) is 5.78 Å². The van der Waals surface area contributed by atoms with Crippen LogP contribution in [0.15, 0.2) is 115 Å². The van der Waals surface area contributed by atoms with Gasteiger partial charge >= 0.3 is 0 Å². The number of hydrogen-bond acceptors (Lipinski definition) is 3. The summed E-state index contributed by atoms with van der Waals surface area (Å²) >= 11 is 0. The molecule has 0 bridgehead atoms. The predicted molar refractivity (Wildman–Crippen MR) is 169 cm³/mol. The SMILES string of the molecule is CCN(c1ccc(C(=O)c2ccc(N(CC)c3cccc4ccccc34)cc2)cc1)c1cccc2c1C=CCC2. The number of nitrogens with zero attached hydrogens (tertiary/aromatic N) is 2. The monoisotopic (exact) mass is 522 g/mol. The third-order valence-corrected chi connectivity index (χ3v) is 7.90. The van der Waals surface area contributed by atoms with E-state index < -0.39 is 0 Å². The molecular formula is C37H34N2O. The van der Waals surface area contributed by atoms with Gasteiger partial charge in [0.25, 0.3) is 0 Å². The summed E-state index contributed by atoms with van der Waals surface area (Å²) in [5.41, 5.74) is 8.66. The molecule has 40 heavy (non-hydrogen) atoms. The van der Waals surface area contributed by atoms with E-state index in [1.807, 2.05) is 24.3 Å². The van der Waals surface area contributed by atoms with Crippen LogP contribution >= 0.6 is 0 Å². The summed E-state index contributed by atoms with van der Waals surface area (Å²) in [4.78, 5) is 18.0. The van der Waals surface area contributed by atoms with Gasteiger partial charge in [0.2, 0.25) is 0 Å². The summed E-state index contributed by atoms with van der Waals surface area (Å²) in [7, 11) is 0. The Kier molecular flexibility index (Phi) is 7.20. The predicted octanol–water partition coefficient (Wildman–Crippen LogP) is 9.35. The van der Waals surface area contributed by atoms with Crippen molar-refractivity contribution in [1.29, 1.82) is 0 Å². The second-order valence-corrected chi connectivity index (χ2v) is 10.2. The van der Waals surface area contributed by atoms with E-state index in [0.717, 1.165) is 37.3 Å². The number of aryl methyl sites for hydroxylation is 1. The van der Waals surface area contributed by atoms with Crippen molar-refractivity contribution in [2.24, 2.45) is 0 Å². The van der Waals surface area contributed by atoms with E-state index in [2.05, 4.69) is 121 Å². The first-order chi connectivity index (χ1) is 19.7. The van der Waals surface area contributed by atoms with Crippen molar-refractivity contribution < 1.29 is 4.79 Å². The van der Waals surface area contributed by atoms with Gasteiger partial charge in [0.05, 0.1) is 0 Å². The number of carbonyl (C=O) groups is 1. The maximum Gasteiger partial charge on any atom is 0.193 e. The van der Waals surface area contributed by atoms with Crippen molar-refractivity contribution in [2.75, 3.05) is 22.9 Å². The first-order valence-electron chi connectivity index (χ1n) is 14.2. The molecule has 0 aromatic heterocycles. The fraction of sp³-hybridized carbons (Fsp3) is 0.162. The fourth-order valence-corrected chi connectivity index (χ4v) is 5.87. The minimum absolute atomic E-state index is 0.0365. The molecule has 198 valence electrons. The molecule has 0 N–H and O–H groups in total. The van der Waals surface area contributed by atoms with Gasteiger partial charge < -0.3 is 9.80 Å². The maximum absolute atomic E-state index is 13.4. The Balaban J connectivity index is 1.23. The Morgan fingerprint density at radius 2 is 1.23 bits per heavy atom. The van der Waals surface area contributed by atoms with E-state index >= 15 is 0 Å². The Hall–Kier alpha value is -4.63. The molecule has 3 heteroatoms. The molecule has 0 saturated heterocycles. The first kappa shape index (κ1) is 25.6. The molecule has 0 fully saturated rings. The lowest BCUT2D eigenvalue weighted by Crippen LogP contribution is -2.18. The summed E-state index contributed by atoms with van der Waals surface area (Å²) in [5, 5.41) is 2.44. The molecule has 1 aliphatic carbocycles. The number of fused-ring (bicyclic) bond motifs is 2. The van der Waals surface area contributed by atoms with Crippen LogP contribution in [0.25, 0.3) is 16.8 Å². The molecule has 5 aromatic rings. The van der Waals surface area contributed by atoms with E-state index in [1.54, 1.807) is 0 Å². The zero-order valence-electron chi connectivity index (χ0n) is 23.2. The molecule has 1 aliphatic rings. The Morgan fingerprint density at radius 3 is 1.90 bits per heavy atom. The van der Waals surface area contributed by atoms with Gasteiger partial charge in [-0.3, -0.25) is 4.79 Å². The highest BCUT2D eigenvalue weighted by Crippen LogP contribution is 2.35. The molecule has 0 amide bonds. The molecule has 0 spiro atoms. The second-order valence-electron chi connectivity index (χ2n) is 10.2. The van der Waals surface area contributed by atoms with Crippen molar-refractivity contribution in [2.45, 2.75) is 26.7 Å². The minimum Gasteiger partial charge on any atom is -0.341 e. The van der Waals surface area contributed by atoms with Gasteiger partial charge in [-0.15, -0.1) is 0 Å². The quantitative estimate of drug-likeness (QED) is 0.190. The third kappa shape index (κ3) is 4.80. The summed E-state index contributed by atoms with van der Waals surface area (Å²) in [6.07, 6.45) is 6.69. The highest BCUT2D eigenvalue weighted by atomic mass is 16.1. The lowest BCUT2D eigenvalue weighted by atomic mass is 9.95. The van der Waals surface area contributed by atoms with Crippen LogP contribution in [0.3, 0.4) is 0 Å². The highest BCUT2D eigenvalue weighted by Gasteiger charge is 2.17. The van der Waals surface area contributed by atoms with Crippen LogP contribution in [0, 0.1) is 0 Å². The topological polar surface area (TPSA) is 23.6 Å². The molecule has 0 aliphatic heterocycles. The number of rotatable bonds is 8. The summed E-state index contributed by atoms with van der Waals surface area (Å²) in [6.45, 7) is 6.01. The van der Waals surface area contributed by atoms with E-state index in [-0.39, 0.29) is 5.78 Å². The van der Waals surface area contributed by atoms with E-state index in [4.69, 9.17) is 0 Å². The second kappa shape index (κ2) is 11.2. The number of benzene rings is 5. The van der Waals surface area contributed by atoms with Crippen LogP contribution in [0.5, 0.6) is 0 Å². The molecule has 0 unspecified atom stereocenters. The van der Waals surface area contributed by atoms with Gasteiger partial charge in [0.1, 0.15) is 0 Å². The van der Waals surface area contributed by atoms with Crippen molar-refractivity contribution in [3.63, 3.8) is 0 Å². The minimum atomic E-state index is 0.0365. The highest BCUT2D eigenvalue weighted by molar-refractivity contribution is 6.09. The van der Waals surface area contributed by atoms with Gasteiger partial charge in [0, 0.05) is 57.9 Å². The van der Waals surface area contributed by atoms with E-state index in [0.29, 0.717) is 11.1 Å². The van der Waals surface area contributed by atoms with Crippen LogP contribution in [0.4, 0.5) is 22.7 Å². The van der Waals surface area contributed by atoms with Gasteiger partial charge in [-0.1, -0.05) is 60.7 Å². The summed E-state index contributed by atoms with van der Waals surface area (Å²) in [6, 6.07) is 37.5. The van der Waals surface area contributed by atoms with Crippen LogP contribution in [0.2, 0.25) is 0 Å². The number of allylic oxidation sites excluding steroid dienone is 1. The first-order valence-corrected chi connectivity index (χ1v) is 14.2. The number of anilines is 4. The van der Waals surface area contributed by atoms with E-state index in [9.17, 15) is 4.79 Å². The van der Waals surface area contributed by atoms with Gasteiger partial charge in [-0.2, -0.15) is 0 Å². The Labute approximate surface area is 237 Å². The number of hydrogen-bond donors (Lipinski definition) is 0. The molecule has 3 nitrogen and oxygen atoms in total. The molecule has 0 atom stereocenters. The van der Waals surface area contributed by atoms with Crippen LogP contribution in [-0.2, 0) is 6.42 Å². The standard InChI is InChI=1S/C37H34N2O/c1-3-38(35-17-9-13-27-11-5-7-15-33(27)35)31-23-19-29(20-24-31)37(40)30-21-25-32(26-22-30)39(4-2)36-18-10-14-28-12-6-8-16-34(28)36/h5,7-11,13-26H,3-4,6,12H2,1-2H3. The van der Waals surface area contributed by atoms with Crippen molar-refractivity contribution in [3.05, 3.63) is 138 Å². The average Bonchev–Trinajstić information content (AvgIpc) is 3.02. The number of ketones is 1. The Bertz CT molecular complexity index is 1680. The van der Waals surface area contributed by atoms with Crippen molar-refractivity contribution in [3.8, 4) is 0 Å². The molecule has 0 saturated carbocycles. The molecule has 6 rings (SSSR count). The molecular weight excluding hydrogens is 488 g/mol. The third-order valence-electron chi connectivity index (χ3n) is 7.90. The van der Waals surface area contributed by atoms with Crippen LogP contribution in [0.1, 0.15) is 47.3 Å². The van der Waals surface area contributed by atoms with Crippen molar-refractivity contribution in [1.82, 2.24) is 0 Å². The zero-order chi connectivity index (χ0) is 27.5. The maximum atomic E-state index is 13.4. The molecule has 5 aromatic carbocycles. The van der Waals surface area contributed by atoms with Gasteiger partial charge in [-0.05, 0) is 98.3 Å². The molecule has 0 radical (unpaired) electrons. The van der Waals surface area contributed by atoms with Crippen molar-refractivity contribution >= 4 is 45.4 Å². The van der Waals surface area contributed by atoms with Gasteiger partial charge in [-0.25, -0.2) is 0 Å². The summed E-state index contributed by atoms with van der Waals surface area (Å²) < 4.78 is 0.